The van der Waals surface area contributed by atoms with Crippen LogP contribution in [0.3, 0.4) is 0 Å². The van der Waals surface area contributed by atoms with Crippen molar-refractivity contribution in [1.29, 1.82) is 0 Å². The summed E-state index contributed by atoms with van der Waals surface area (Å²) < 4.78 is 28.0. The molecule has 0 saturated heterocycles. The van der Waals surface area contributed by atoms with Crippen molar-refractivity contribution in [3.05, 3.63) is 59.2 Å². The summed E-state index contributed by atoms with van der Waals surface area (Å²) >= 11 is 0. The van der Waals surface area contributed by atoms with Gasteiger partial charge in [-0.05, 0) is 54.5 Å². The molecule has 1 fully saturated rings. The molecule has 110 valence electrons. The molecule has 2 aromatic rings. The van der Waals surface area contributed by atoms with E-state index >= 15 is 0 Å². The lowest BCUT2D eigenvalue weighted by atomic mass is 9.83. The first-order valence-electron chi connectivity index (χ1n) is 7.71. The van der Waals surface area contributed by atoms with Crippen molar-refractivity contribution < 1.29 is 8.78 Å². The zero-order chi connectivity index (χ0) is 14.8. The average Bonchev–Trinajstić information content (AvgIpc) is 2.51. The highest BCUT2D eigenvalue weighted by Gasteiger charge is 2.17. The van der Waals surface area contributed by atoms with Crippen LogP contribution in [-0.4, -0.2) is 0 Å². The minimum Gasteiger partial charge on any atom is -0.207 e. The molecule has 2 aromatic carbocycles. The number of halogens is 2. The Bertz CT molecular complexity index is 640. The predicted octanol–water partition coefficient (Wildman–Crippen LogP) is 5.99. The number of rotatable bonds is 2. The molecule has 1 saturated carbocycles. The first-order valence-corrected chi connectivity index (χ1v) is 7.71. The molecule has 2 heteroatoms. The fourth-order valence-electron chi connectivity index (χ4n) is 3.22. The summed E-state index contributed by atoms with van der Waals surface area (Å²) in [5, 5.41) is 0. The Morgan fingerprint density at radius 1 is 0.857 bits per heavy atom. The third-order valence-electron chi connectivity index (χ3n) is 4.55. The lowest BCUT2D eigenvalue weighted by molar-refractivity contribution is 0.442. The van der Waals surface area contributed by atoms with E-state index in [0.29, 0.717) is 22.6 Å². The van der Waals surface area contributed by atoms with Crippen LogP contribution in [0.25, 0.3) is 11.1 Å². The predicted molar refractivity (Wildman–Crippen MR) is 82.4 cm³/mol. The van der Waals surface area contributed by atoms with E-state index in [-0.39, 0.29) is 11.6 Å². The Morgan fingerprint density at radius 3 is 2.29 bits per heavy atom. The summed E-state index contributed by atoms with van der Waals surface area (Å²) in [6.07, 6.45) is 6.06. The van der Waals surface area contributed by atoms with Gasteiger partial charge in [0.05, 0.1) is 0 Å². The highest BCUT2D eigenvalue weighted by molar-refractivity contribution is 5.65. The standard InChI is InChI=1S/C19H20F2/c1-13-7-8-16(12-18(13)20)17-10-9-15(11-19(17)21)14-5-3-2-4-6-14/h7-12,14H,2-6H2,1H3. The van der Waals surface area contributed by atoms with E-state index in [0.717, 1.165) is 18.4 Å². The quantitative estimate of drug-likeness (QED) is 0.636. The SMILES string of the molecule is Cc1ccc(-c2ccc(C3CCCCC3)cc2F)cc1F. The van der Waals surface area contributed by atoms with Crippen molar-refractivity contribution in [1.82, 2.24) is 0 Å². The highest BCUT2D eigenvalue weighted by Crippen LogP contribution is 2.34. The van der Waals surface area contributed by atoms with Crippen LogP contribution < -0.4 is 0 Å². The molecule has 0 spiro atoms. The van der Waals surface area contributed by atoms with Gasteiger partial charge in [-0.1, -0.05) is 43.5 Å². The Kier molecular flexibility index (Phi) is 4.05. The Labute approximate surface area is 124 Å². The molecule has 1 aliphatic rings. The first-order chi connectivity index (χ1) is 10.1. The molecule has 0 aromatic heterocycles. The van der Waals surface area contributed by atoms with Crippen LogP contribution >= 0.6 is 0 Å². The molecule has 0 unspecified atom stereocenters. The molecule has 0 N–H and O–H groups in total. The molecular weight excluding hydrogens is 266 g/mol. The Morgan fingerprint density at radius 2 is 1.62 bits per heavy atom. The maximum atomic E-state index is 14.4. The summed E-state index contributed by atoms with van der Waals surface area (Å²) in [5.74, 6) is -0.0540. The van der Waals surface area contributed by atoms with Gasteiger partial charge in [0.25, 0.3) is 0 Å². The van der Waals surface area contributed by atoms with Crippen molar-refractivity contribution >= 4 is 0 Å². The van der Waals surface area contributed by atoms with Gasteiger partial charge < -0.3 is 0 Å². The second kappa shape index (κ2) is 5.97. The normalized spacial score (nSPS) is 16.1. The van der Waals surface area contributed by atoms with Gasteiger partial charge in [0.15, 0.2) is 0 Å². The molecule has 1 aliphatic carbocycles. The lowest BCUT2D eigenvalue weighted by Crippen LogP contribution is -2.05. The largest absolute Gasteiger partial charge is 0.207 e. The third-order valence-corrected chi connectivity index (χ3v) is 4.55. The van der Waals surface area contributed by atoms with Gasteiger partial charge in [-0.3, -0.25) is 0 Å². The van der Waals surface area contributed by atoms with Gasteiger partial charge in [0.2, 0.25) is 0 Å². The van der Waals surface area contributed by atoms with Gasteiger partial charge in [0.1, 0.15) is 11.6 Å². The van der Waals surface area contributed by atoms with E-state index in [4.69, 9.17) is 0 Å². The zero-order valence-electron chi connectivity index (χ0n) is 12.3. The van der Waals surface area contributed by atoms with Crippen molar-refractivity contribution in [3.8, 4) is 11.1 Å². The van der Waals surface area contributed by atoms with Crippen LogP contribution in [-0.2, 0) is 0 Å². The molecule has 0 aliphatic heterocycles. The fraction of sp³-hybridized carbons (Fsp3) is 0.368. The number of hydrogen-bond donors (Lipinski definition) is 0. The van der Waals surface area contributed by atoms with Crippen LogP contribution in [0.4, 0.5) is 8.78 Å². The molecule has 0 bridgehead atoms. The van der Waals surface area contributed by atoms with Gasteiger partial charge in [0, 0.05) is 5.56 Å². The maximum absolute atomic E-state index is 14.4. The second-order valence-electron chi connectivity index (χ2n) is 6.04. The monoisotopic (exact) mass is 286 g/mol. The van der Waals surface area contributed by atoms with Gasteiger partial charge in [-0.25, -0.2) is 8.78 Å². The smallest absolute Gasteiger partial charge is 0.131 e. The summed E-state index contributed by atoms with van der Waals surface area (Å²) in [5.41, 5.74) is 2.75. The van der Waals surface area contributed by atoms with Gasteiger partial charge in [-0.2, -0.15) is 0 Å². The minimum atomic E-state index is -0.289. The number of aryl methyl sites for hydroxylation is 1. The third kappa shape index (κ3) is 2.99. The maximum Gasteiger partial charge on any atom is 0.131 e. The van der Waals surface area contributed by atoms with Crippen molar-refractivity contribution in [2.75, 3.05) is 0 Å². The number of hydrogen-bond acceptors (Lipinski definition) is 0. The molecule has 0 heterocycles. The van der Waals surface area contributed by atoms with Crippen molar-refractivity contribution in [2.45, 2.75) is 44.9 Å². The van der Waals surface area contributed by atoms with Gasteiger partial charge >= 0.3 is 0 Å². The molecular formula is C19H20F2. The zero-order valence-corrected chi connectivity index (χ0v) is 12.3. The summed E-state index contributed by atoms with van der Waals surface area (Å²) in [6, 6.07) is 10.3. The molecule has 3 rings (SSSR count). The van der Waals surface area contributed by atoms with Crippen LogP contribution in [0.15, 0.2) is 36.4 Å². The molecule has 0 atom stereocenters. The molecule has 0 nitrogen and oxygen atoms in total. The second-order valence-corrected chi connectivity index (χ2v) is 6.04. The van der Waals surface area contributed by atoms with E-state index in [2.05, 4.69) is 0 Å². The summed E-state index contributed by atoms with van der Waals surface area (Å²) in [7, 11) is 0. The van der Waals surface area contributed by atoms with Crippen molar-refractivity contribution in [2.24, 2.45) is 0 Å². The molecule has 21 heavy (non-hydrogen) atoms. The van der Waals surface area contributed by atoms with Crippen LogP contribution in [0.1, 0.15) is 49.1 Å². The van der Waals surface area contributed by atoms with Gasteiger partial charge in [-0.15, -0.1) is 0 Å². The fourth-order valence-corrected chi connectivity index (χ4v) is 3.22. The van der Waals surface area contributed by atoms with E-state index < -0.39 is 0 Å². The van der Waals surface area contributed by atoms with Crippen molar-refractivity contribution in [3.63, 3.8) is 0 Å². The summed E-state index contributed by atoms with van der Waals surface area (Å²) in [6.45, 7) is 1.71. The van der Waals surface area contributed by atoms with Crippen LogP contribution in [0, 0.1) is 18.6 Å². The Hall–Kier alpha value is -1.70. The lowest BCUT2D eigenvalue weighted by Gasteiger charge is -2.22. The number of benzene rings is 2. The topological polar surface area (TPSA) is 0 Å². The highest BCUT2D eigenvalue weighted by atomic mass is 19.1. The van der Waals surface area contributed by atoms with Crippen LogP contribution in [0.2, 0.25) is 0 Å². The first kappa shape index (κ1) is 14.2. The van der Waals surface area contributed by atoms with E-state index in [1.807, 2.05) is 6.07 Å². The molecule has 0 amide bonds. The van der Waals surface area contributed by atoms with E-state index in [1.165, 1.54) is 25.3 Å². The Balaban J connectivity index is 1.91. The molecule has 0 radical (unpaired) electrons. The van der Waals surface area contributed by atoms with E-state index in [1.54, 1.807) is 31.2 Å². The average molecular weight is 286 g/mol. The minimum absolute atomic E-state index is 0.249. The van der Waals surface area contributed by atoms with Crippen LogP contribution in [0.5, 0.6) is 0 Å². The summed E-state index contributed by atoms with van der Waals surface area (Å²) in [4.78, 5) is 0. The van der Waals surface area contributed by atoms with E-state index in [9.17, 15) is 8.78 Å².